The van der Waals surface area contributed by atoms with Gasteiger partial charge in [-0.2, -0.15) is 0 Å². The summed E-state index contributed by atoms with van der Waals surface area (Å²) in [6.07, 6.45) is -1.18. The lowest BCUT2D eigenvalue weighted by Gasteiger charge is -2.14. The molecule has 0 bridgehead atoms. The highest BCUT2D eigenvalue weighted by Crippen LogP contribution is 2.14. The molecule has 1 saturated heterocycles. The molecule has 0 saturated carbocycles. The van der Waals surface area contributed by atoms with Crippen LogP contribution >= 0.6 is 0 Å². The first-order valence-electron chi connectivity index (χ1n) is 5.29. The Morgan fingerprint density at radius 1 is 1.27 bits per heavy atom. The summed E-state index contributed by atoms with van der Waals surface area (Å²) in [5.74, 6) is 0. The molecule has 1 aromatic carbocycles. The van der Waals surface area contributed by atoms with E-state index >= 15 is 0 Å². The van der Waals surface area contributed by atoms with Crippen LogP contribution in [0.2, 0.25) is 0 Å². The molecule has 3 nitrogen and oxygen atoms in total. The van der Waals surface area contributed by atoms with Crippen LogP contribution in [0, 0.1) is 6.92 Å². The van der Waals surface area contributed by atoms with Crippen molar-refractivity contribution < 1.29 is 10.2 Å². The van der Waals surface area contributed by atoms with Crippen molar-refractivity contribution in [3.63, 3.8) is 0 Å². The monoisotopic (exact) mass is 207 g/mol. The Balaban J connectivity index is 1.98. The molecule has 1 aliphatic rings. The Labute approximate surface area is 90.0 Å². The highest BCUT2D eigenvalue weighted by molar-refractivity contribution is 5.22. The van der Waals surface area contributed by atoms with Crippen molar-refractivity contribution in [1.82, 2.24) is 4.90 Å². The van der Waals surface area contributed by atoms with Crippen molar-refractivity contribution in [2.24, 2.45) is 0 Å². The van der Waals surface area contributed by atoms with E-state index in [-0.39, 0.29) is 0 Å². The summed E-state index contributed by atoms with van der Waals surface area (Å²) < 4.78 is 0. The quantitative estimate of drug-likeness (QED) is 0.743. The van der Waals surface area contributed by atoms with E-state index in [4.69, 9.17) is 0 Å². The van der Waals surface area contributed by atoms with E-state index in [1.807, 2.05) is 6.07 Å². The van der Waals surface area contributed by atoms with Crippen LogP contribution in [0.4, 0.5) is 0 Å². The zero-order valence-corrected chi connectivity index (χ0v) is 8.93. The molecule has 2 atom stereocenters. The number of hydrogen-bond acceptors (Lipinski definition) is 3. The van der Waals surface area contributed by atoms with Crippen LogP contribution in [0.15, 0.2) is 24.3 Å². The van der Waals surface area contributed by atoms with Crippen LogP contribution in [-0.2, 0) is 6.54 Å². The molecule has 1 heterocycles. The zero-order chi connectivity index (χ0) is 10.8. The second kappa shape index (κ2) is 4.31. The number of nitrogens with zero attached hydrogens (tertiary/aromatic N) is 1. The number of aryl methyl sites for hydroxylation is 1. The molecule has 2 rings (SSSR count). The van der Waals surface area contributed by atoms with E-state index in [0.717, 1.165) is 6.54 Å². The number of hydrogen-bond donors (Lipinski definition) is 2. The molecule has 15 heavy (non-hydrogen) atoms. The summed E-state index contributed by atoms with van der Waals surface area (Å²) in [5, 5.41) is 18.8. The van der Waals surface area contributed by atoms with Crippen LogP contribution in [0.3, 0.4) is 0 Å². The third kappa shape index (κ3) is 2.56. The molecule has 0 aromatic heterocycles. The van der Waals surface area contributed by atoms with Gasteiger partial charge in [-0.05, 0) is 12.5 Å². The van der Waals surface area contributed by atoms with E-state index in [9.17, 15) is 10.2 Å². The number of rotatable bonds is 2. The summed E-state index contributed by atoms with van der Waals surface area (Å²) in [6, 6.07) is 8.31. The molecule has 1 fully saturated rings. The maximum atomic E-state index is 9.41. The Kier molecular flexibility index (Phi) is 3.05. The third-order valence-corrected chi connectivity index (χ3v) is 2.82. The Morgan fingerprint density at radius 3 is 2.53 bits per heavy atom. The van der Waals surface area contributed by atoms with Crippen LogP contribution < -0.4 is 0 Å². The average molecular weight is 207 g/mol. The number of aliphatic hydroxyl groups is 2. The lowest BCUT2D eigenvalue weighted by molar-refractivity contribution is 0.0572. The first kappa shape index (κ1) is 10.6. The lowest BCUT2D eigenvalue weighted by Crippen LogP contribution is -2.22. The molecular weight excluding hydrogens is 190 g/mol. The van der Waals surface area contributed by atoms with Crippen molar-refractivity contribution in [3.8, 4) is 0 Å². The molecule has 1 aliphatic heterocycles. The Bertz CT molecular complexity index is 330. The molecule has 82 valence electrons. The first-order chi connectivity index (χ1) is 7.15. The number of likely N-dealkylation sites (tertiary alicyclic amines) is 1. The van der Waals surface area contributed by atoms with Crippen LogP contribution in [0.25, 0.3) is 0 Å². The van der Waals surface area contributed by atoms with Crippen LogP contribution in [-0.4, -0.2) is 40.4 Å². The SMILES string of the molecule is Cc1cccc(CN2C[C@@H](O)[C@@H](O)C2)c1. The summed E-state index contributed by atoms with van der Waals surface area (Å²) in [7, 11) is 0. The molecule has 0 unspecified atom stereocenters. The minimum absolute atomic E-state index is 0.565. The molecule has 0 spiro atoms. The molecule has 0 radical (unpaired) electrons. The van der Waals surface area contributed by atoms with Gasteiger partial charge in [-0.15, -0.1) is 0 Å². The largest absolute Gasteiger partial charge is 0.389 e. The summed E-state index contributed by atoms with van der Waals surface area (Å²) >= 11 is 0. The maximum absolute atomic E-state index is 9.41. The molecule has 3 heteroatoms. The molecule has 1 aromatic rings. The number of aliphatic hydroxyl groups excluding tert-OH is 2. The van der Waals surface area contributed by atoms with Gasteiger partial charge in [0.1, 0.15) is 0 Å². The normalized spacial score (nSPS) is 27.1. The number of benzene rings is 1. The van der Waals surface area contributed by atoms with Gasteiger partial charge in [0.25, 0.3) is 0 Å². The summed E-state index contributed by atoms with van der Waals surface area (Å²) in [6.45, 7) is 4.00. The smallest absolute Gasteiger partial charge is 0.0938 e. The maximum Gasteiger partial charge on any atom is 0.0938 e. The Hall–Kier alpha value is -0.900. The van der Waals surface area contributed by atoms with E-state index < -0.39 is 12.2 Å². The lowest BCUT2D eigenvalue weighted by atomic mass is 10.1. The predicted molar refractivity (Wildman–Crippen MR) is 58.5 cm³/mol. The van der Waals surface area contributed by atoms with Crippen LogP contribution in [0.1, 0.15) is 11.1 Å². The van der Waals surface area contributed by atoms with Crippen molar-refractivity contribution in [3.05, 3.63) is 35.4 Å². The van der Waals surface area contributed by atoms with Crippen molar-refractivity contribution >= 4 is 0 Å². The van der Waals surface area contributed by atoms with Crippen molar-refractivity contribution in [2.45, 2.75) is 25.7 Å². The van der Waals surface area contributed by atoms with E-state index in [2.05, 4.69) is 30.0 Å². The van der Waals surface area contributed by atoms with Crippen LogP contribution in [0.5, 0.6) is 0 Å². The standard InChI is InChI=1S/C12H17NO2/c1-9-3-2-4-10(5-9)6-13-7-11(14)12(15)8-13/h2-5,11-12,14-15H,6-8H2,1H3/t11-,12+. The molecular formula is C12H17NO2. The minimum atomic E-state index is -0.588. The highest BCUT2D eigenvalue weighted by atomic mass is 16.3. The second-order valence-corrected chi connectivity index (χ2v) is 4.32. The van der Waals surface area contributed by atoms with Crippen molar-refractivity contribution in [2.75, 3.05) is 13.1 Å². The summed E-state index contributed by atoms with van der Waals surface area (Å²) in [4.78, 5) is 2.07. The van der Waals surface area contributed by atoms with Gasteiger partial charge in [0.15, 0.2) is 0 Å². The number of β-amino-alcohol motifs (C(OH)–C–C–N with tert-alkyl or cyclic N) is 2. The third-order valence-electron chi connectivity index (χ3n) is 2.82. The fourth-order valence-electron chi connectivity index (χ4n) is 2.04. The van der Waals surface area contributed by atoms with Gasteiger partial charge in [0.05, 0.1) is 12.2 Å². The van der Waals surface area contributed by atoms with Gasteiger partial charge in [-0.1, -0.05) is 29.8 Å². The van der Waals surface area contributed by atoms with Gasteiger partial charge >= 0.3 is 0 Å². The van der Waals surface area contributed by atoms with Gasteiger partial charge in [-0.3, -0.25) is 4.90 Å². The Morgan fingerprint density at radius 2 is 1.93 bits per heavy atom. The predicted octanol–water partition coefficient (Wildman–Crippen LogP) is 0.532. The van der Waals surface area contributed by atoms with Gasteiger partial charge in [-0.25, -0.2) is 0 Å². The highest BCUT2D eigenvalue weighted by Gasteiger charge is 2.29. The first-order valence-corrected chi connectivity index (χ1v) is 5.29. The van der Waals surface area contributed by atoms with E-state index in [1.165, 1.54) is 11.1 Å². The zero-order valence-electron chi connectivity index (χ0n) is 8.93. The van der Waals surface area contributed by atoms with Crippen molar-refractivity contribution in [1.29, 1.82) is 0 Å². The van der Waals surface area contributed by atoms with E-state index in [0.29, 0.717) is 13.1 Å². The topological polar surface area (TPSA) is 43.7 Å². The second-order valence-electron chi connectivity index (χ2n) is 4.32. The average Bonchev–Trinajstić information content (AvgIpc) is 2.45. The fourth-order valence-corrected chi connectivity index (χ4v) is 2.04. The van der Waals surface area contributed by atoms with Gasteiger partial charge in [0.2, 0.25) is 0 Å². The minimum Gasteiger partial charge on any atom is -0.389 e. The molecule has 0 aliphatic carbocycles. The van der Waals surface area contributed by atoms with Gasteiger partial charge in [0, 0.05) is 19.6 Å². The molecule has 0 amide bonds. The fraction of sp³-hybridized carbons (Fsp3) is 0.500. The molecule has 2 N–H and O–H groups in total. The summed E-state index contributed by atoms with van der Waals surface area (Å²) in [5.41, 5.74) is 2.48. The van der Waals surface area contributed by atoms with E-state index in [1.54, 1.807) is 0 Å². The van der Waals surface area contributed by atoms with Gasteiger partial charge < -0.3 is 10.2 Å².